The standard InChI is InChI=1S/C9H12O.C9H14.C9H12.C8H15N2OPS.C8H13NOS2.C8H11N.C7H10O.C7H10S.C6H9ClN2S.C6H10N2S.C5H9N3S.C4H8N4/c1-7(2)8-3-5-9(10)6-4-8;2*1-8(2)9-6-4-3-5-7-9;1-6(2)8-9-7(13-10-8)5-12(3,4)11;1-4(2)7-11-8(12-7)5(3)6(9)10;1-7(2)8-3-5-9-6-4-8;2*1-6(2)7-4-3-5-8-7;1-3(2)4-5(7)10-6(8)9-4;1-4(2)5-3-9-6(7)8-5;1-3(2)4-7-5(6)9-8-4;1-4(2)8-3-5-6-7-8/h3-7,10H,1-2H3;3-4,7-8H,5-6H2,1-2H3;3-8H,1-2H3;6H,5H2,1-4H3;4,7H,1-3H3,(H2,9,10);3-7H,1-2H3;2*3-6H,1-2H3;3H,1-2H3,(H2,8,9);3-4H,1-2H3,(H2,7,8);3H,1-2H3,(H2,6,7,8);3-4H,1-2H3. The van der Waals surface area contributed by atoms with Crippen molar-refractivity contribution in [3.05, 3.63) is 220 Å². The number of hydrogen-bond acceptors (Lipinski definition) is 24. The summed E-state index contributed by atoms with van der Waals surface area (Å²) in [4.78, 5) is 32.7. The molecule has 630 valence electrons. The Morgan fingerprint density at radius 3 is 1.47 bits per heavy atom. The van der Waals surface area contributed by atoms with E-state index in [4.69, 9.17) is 44.1 Å². The number of primary amides is 1. The number of furan rings is 1. The molecule has 0 bridgehead atoms. The molecule has 28 heteroatoms. The number of nitrogens with zero attached hydrogens (tertiary/aromatic N) is 11. The number of allylic oxidation sites excluding steroid dienone is 4. The molecule has 12 rings (SSSR count). The van der Waals surface area contributed by atoms with Gasteiger partial charge in [-0.25, -0.2) is 24.6 Å². The molecule has 0 saturated carbocycles. The summed E-state index contributed by atoms with van der Waals surface area (Å²) in [6.07, 6.45) is 16.7. The molecular formula is C86H133ClN15O4PS7. The van der Waals surface area contributed by atoms with Gasteiger partial charge in [0.1, 0.15) is 38.8 Å². The van der Waals surface area contributed by atoms with Crippen molar-refractivity contribution in [2.24, 2.45) is 17.6 Å². The number of benzene rings is 2. The molecule has 1 amide bonds. The van der Waals surface area contributed by atoms with Gasteiger partial charge >= 0.3 is 0 Å². The SMILES string of the molecule is CC(C(N)=O)=C1SC(C(C)C)S1.CC(C)C1=CCC=CC1.CC(C)c1ccc(O)cc1.CC(C)c1ccccc1.CC(C)c1ccco1.CC(C)c1cccs1.CC(C)c1ccncc1.CC(C)c1csc(N)n1.CC(C)c1nc(N)sc1Cl.CC(C)c1nsc(CP(C)(C)=O)n1.CC(C)c1nsc(N)n1.CC(C)n1cnnn1. The summed E-state index contributed by atoms with van der Waals surface area (Å²) in [6, 6.07) is 30.5. The second-order valence-electron chi connectivity index (χ2n) is 30.7. The number of aromatic nitrogens is 11. The zero-order valence-corrected chi connectivity index (χ0v) is 79.9. The Hall–Kier alpha value is -6.87. The molecular weight excluding hydrogens is 1600 g/mol. The topological polar surface area (TPSA) is 305 Å². The molecule has 0 atom stereocenters. The average Bonchev–Trinajstić information content (AvgIpc) is 1.42. The van der Waals surface area contributed by atoms with Gasteiger partial charge in [-0.3, -0.25) is 9.78 Å². The molecule has 9 N–H and O–H groups in total. The monoisotopic (exact) mass is 1730 g/mol. The van der Waals surface area contributed by atoms with Gasteiger partial charge in [-0.2, -0.15) is 8.75 Å². The van der Waals surface area contributed by atoms with E-state index in [-0.39, 0.29) is 5.91 Å². The van der Waals surface area contributed by atoms with Crippen molar-refractivity contribution >= 4 is 121 Å². The van der Waals surface area contributed by atoms with E-state index < -0.39 is 7.14 Å². The van der Waals surface area contributed by atoms with Gasteiger partial charge in [0.2, 0.25) is 5.91 Å². The Morgan fingerprint density at radius 2 is 1.18 bits per heavy atom. The van der Waals surface area contributed by atoms with Gasteiger partial charge in [-0.05, 0) is 181 Å². The van der Waals surface area contributed by atoms with Crippen LogP contribution in [-0.2, 0) is 15.5 Å². The molecule has 19 nitrogen and oxygen atoms in total. The number of pyridine rings is 1. The minimum Gasteiger partial charge on any atom is -0.508 e. The van der Waals surface area contributed by atoms with E-state index in [0.717, 1.165) is 50.4 Å². The zero-order valence-electron chi connectivity index (χ0n) is 72.6. The largest absolute Gasteiger partial charge is 0.508 e. The van der Waals surface area contributed by atoms with Crippen LogP contribution in [0.25, 0.3) is 0 Å². The summed E-state index contributed by atoms with van der Waals surface area (Å²) in [6.45, 7) is 56.4. The number of amides is 1. The van der Waals surface area contributed by atoms with Crippen LogP contribution in [0.3, 0.4) is 0 Å². The summed E-state index contributed by atoms with van der Waals surface area (Å²) in [7, 11) is -2.00. The Morgan fingerprint density at radius 1 is 0.605 bits per heavy atom. The molecule has 8 aromatic heterocycles. The van der Waals surface area contributed by atoms with Crippen molar-refractivity contribution in [3.63, 3.8) is 0 Å². The van der Waals surface area contributed by atoms with Crippen molar-refractivity contribution < 1.29 is 18.9 Å². The van der Waals surface area contributed by atoms with Gasteiger partial charge in [-0.1, -0.05) is 248 Å². The maximum Gasteiger partial charge on any atom is 0.245 e. The van der Waals surface area contributed by atoms with Crippen LogP contribution < -0.4 is 22.9 Å². The summed E-state index contributed by atoms with van der Waals surface area (Å²) in [5.74, 6) is 8.86. The summed E-state index contributed by atoms with van der Waals surface area (Å²) >= 11 is 16.6. The second-order valence-corrected chi connectivity index (χ2v) is 42.1. The first-order chi connectivity index (χ1) is 53.4. The molecule has 1 aliphatic carbocycles. The van der Waals surface area contributed by atoms with Crippen LogP contribution in [0.5, 0.6) is 5.75 Å². The fraction of sp³-hybridized carbons (Fsp3) is 0.500. The maximum atomic E-state index is 11.5. The summed E-state index contributed by atoms with van der Waals surface area (Å²) in [5.41, 5.74) is 29.7. The number of carbonyl (C=O) groups excluding carboxylic acids is 1. The van der Waals surface area contributed by atoms with Gasteiger partial charge < -0.3 is 37.0 Å². The lowest BCUT2D eigenvalue weighted by Crippen LogP contribution is -2.19. The van der Waals surface area contributed by atoms with Crippen molar-refractivity contribution in [2.75, 3.05) is 30.5 Å². The third-order valence-electron chi connectivity index (χ3n) is 15.8. The minimum absolute atomic E-state index is 0.299. The Labute approximate surface area is 717 Å². The highest BCUT2D eigenvalue weighted by atomic mass is 35.5. The van der Waals surface area contributed by atoms with E-state index in [0.29, 0.717) is 107 Å². The van der Waals surface area contributed by atoms with Gasteiger partial charge in [0.15, 0.2) is 15.4 Å². The van der Waals surface area contributed by atoms with E-state index in [9.17, 15) is 9.36 Å². The number of thiazole rings is 2. The van der Waals surface area contributed by atoms with E-state index in [1.54, 1.807) is 78.8 Å². The number of halogens is 1. The predicted octanol–water partition coefficient (Wildman–Crippen LogP) is 26.5. The number of nitrogens with two attached hydrogens (primary N) is 4. The van der Waals surface area contributed by atoms with Gasteiger partial charge in [0.05, 0.1) is 39.8 Å². The van der Waals surface area contributed by atoms with Crippen LogP contribution >= 0.6 is 99.3 Å². The maximum absolute atomic E-state index is 11.5. The number of carbonyl (C=O) groups is 1. The molecule has 1 fully saturated rings. The lowest BCUT2D eigenvalue weighted by Gasteiger charge is -2.31. The van der Waals surface area contributed by atoms with Crippen LogP contribution in [-0.4, -0.2) is 82.8 Å². The fourth-order valence-corrected chi connectivity index (χ4v) is 16.7. The van der Waals surface area contributed by atoms with Crippen LogP contribution in [0.15, 0.2) is 165 Å². The highest BCUT2D eigenvalue weighted by Gasteiger charge is 2.30. The van der Waals surface area contributed by atoms with E-state index in [1.807, 2.05) is 113 Å². The lowest BCUT2D eigenvalue weighted by atomic mass is 9.96. The molecule has 10 aromatic rings. The number of thioether (sulfide) groups is 2. The molecule has 9 heterocycles. The Balaban J connectivity index is 0.000000623. The number of hydrogen-bond donors (Lipinski definition) is 5. The van der Waals surface area contributed by atoms with E-state index in [1.165, 1.54) is 73.7 Å². The van der Waals surface area contributed by atoms with Gasteiger partial charge in [0.25, 0.3) is 0 Å². The molecule has 0 unspecified atom stereocenters. The fourth-order valence-electron chi connectivity index (χ4n) is 8.58. The first kappa shape index (κ1) is 105. The summed E-state index contributed by atoms with van der Waals surface area (Å²) in [5, 5.41) is 26.4. The molecule has 0 radical (unpaired) electrons. The smallest absolute Gasteiger partial charge is 0.245 e. The number of rotatable bonds is 15. The van der Waals surface area contributed by atoms with Crippen LogP contribution in [0.1, 0.15) is 301 Å². The lowest BCUT2D eigenvalue weighted by molar-refractivity contribution is -0.114. The minimum atomic E-state index is -2.00. The number of tetrazole rings is 1. The van der Waals surface area contributed by atoms with Crippen molar-refractivity contribution in [2.45, 2.75) is 256 Å². The number of nitrogen functional groups attached to an aromatic ring is 3. The normalized spacial score (nSPS) is 12.5. The van der Waals surface area contributed by atoms with Crippen molar-refractivity contribution in [1.29, 1.82) is 0 Å². The molecule has 2 aliphatic rings. The highest BCUT2D eigenvalue weighted by molar-refractivity contribution is 8.38. The number of anilines is 3. The molecule has 0 spiro atoms. The summed E-state index contributed by atoms with van der Waals surface area (Å²) < 4.78 is 28.9. The Bertz CT molecular complexity index is 4050. The quantitative estimate of drug-likeness (QED) is 0.0362. The third kappa shape index (κ3) is 46.8. The van der Waals surface area contributed by atoms with Gasteiger partial charge in [0, 0.05) is 63.6 Å². The average molecular weight is 1730 g/mol. The molecule has 1 saturated heterocycles. The molecule has 1 aliphatic heterocycles. The van der Waals surface area contributed by atoms with Crippen LogP contribution in [0.4, 0.5) is 15.4 Å². The second kappa shape index (κ2) is 57.3. The van der Waals surface area contributed by atoms with Crippen LogP contribution in [0.2, 0.25) is 4.34 Å². The number of aromatic hydroxyl groups is 1. The first-order valence-electron chi connectivity index (χ1n) is 38.7. The third-order valence-corrected chi connectivity index (χ3v) is 25.0. The zero-order chi connectivity index (χ0) is 86.4. The van der Waals surface area contributed by atoms with E-state index >= 15 is 0 Å². The van der Waals surface area contributed by atoms with E-state index in [2.05, 4.69) is 234 Å². The number of phenolic OH excluding ortho intramolecular Hbond substituents is 1. The highest BCUT2D eigenvalue weighted by Crippen LogP contribution is 2.55. The van der Waals surface area contributed by atoms with Crippen molar-refractivity contribution in [3.8, 4) is 5.75 Å². The Kier molecular flexibility index (Phi) is 52.8. The first-order valence-corrected chi connectivity index (χ1v) is 47.8. The number of phenols is 1. The molecule has 114 heavy (non-hydrogen) atoms. The van der Waals surface area contributed by atoms with Crippen molar-refractivity contribution in [1.82, 2.24) is 53.9 Å². The molecule has 2 aromatic carbocycles. The predicted molar refractivity (Wildman–Crippen MR) is 499 cm³/mol. The van der Waals surface area contributed by atoms with Gasteiger partial charge in [-0.15, -0.1) is 51.3 Å². The number of thiophene rings is 1. The van der Waals surface area contributed by atoms with Crippen LogP contribution in [0, 0.1) is 11.8 Å².